The molecule has 1 atom stereocenters. The number of Topliss-reactive ketones (excluding diaryl/α,β-unsaturated/α-hetero) is 1. The van der Waals surface area contributed by atoms with Gasteiger partial charge in [0, 0.05) is 49.9 Å². The zero-order chi connectivity index (χ0) is 21.4. The predicted molar refractivity (Wildman–Crippen MR) is 112 cm³/mol. The molecule has 1 aliphatic heterocycles. The van der Waals surface area contributed by atoms with Gasteiger partial charge in [-0.15, -0.1) is 0 Å². The molecule has 1 aliphatic carbocycles. The van der Waals surface area contributed by atoms with Crippen LogP contribution in [0.3, 0.4) is 0 Å². The van der Waals surface area contributed by atoms with Gasteiger partial charge in [-0.1, -0.05) is 17.7 Å². The zero-order valence-electron chi connectivity index (χ0n) is 16.6. The third kappa shape index (κ3) is 4.12. The number of nitrogens with zero attached hydrogens (tertiary/aromatic N) is 2. The van der Waals surface area contributed by atoms with E-state index in [4.69, 9.17) is 11.6 Å². The molecule has 0 spiro atoms. The van der Waals surface area contributed by atoms with Crippen molar-refractivity contribution in [3.05, 3.63) is 58.1 Å². The summed E-state index contributed by atoms with van der Waals surface area (Å²) >= 11 is 5.56. The largest absolute Gasteiger partial charge is 0.376 e. The monoisotopic (exact) mass is 433 g/mol. The molecule has 0 saturated carbocycles. The predicted octanol–water partition coefficient (Wildman–Crippen LogP) is 3.44. The fourth-order valence-electron chi connectivity index (χ4n) is 4.13. The number of amides is 1. The van der Waals surface area contributed by atoms with E-state index in [1.165, 1.54) is 12.1 Å². The minimum absolute atomic E-state index is 0.0489. The molecule has 158 valence electrons. The maximum Gasteiger partial charge on any atom is 0.242 e. The highest BCUT2D eigenvalue weighted by atomic mass is 35.5. The minimum atomic E-state index is -0.793. The van der Waals surface area contributed by atoms with E-state index in [-0.39, 0.29) is 24.3 Å². The van der Waals surface area contributed by atoms with Gasteiger partial charge in [0.2, 0.25) is 5.91 Å². The number of hydrogen-bond acceptors (Lipinski definition) is 4. The summed E-state index contributed by atoms with van der Waals surface area (Å²) in [5, 5.41) is 2.63. The maximum absolute atomic E-state index is 13.8. The van der Waals surface area contributed by atoms with Crippen molar-refractivity contribution < 1.29 is 18.4 Å². The number of anilines is 2. The lowest BCUT2D eigenvalue weighted by Crippen LogP contribution is -2.55. The average Bonchev–Trinajstić information content (AvgIpc) is 3.09. The van der Waals surface area contributed by atoms with Gasteiger partial charge in [0.1, 0.15) is 22.4 Å². The van der Waals surface area contributed by atoms with Gasteiger partial charge in [0.15, 0.2) is 0 Å². The summed E-state index contributed by atoms with van der Waals surface area (Å²) in [6.07, 6.45) is 0.932. The zero-order valence-corrected chi connectivity index (χ0v) is 17.3. The second-order valence-electron chi connectivity index (χ2n) is 7.83. The summed E-state index contributed by atoms with van der Waals surface area (Å²) < 4.78 is 27.5. The van der Waals surface area contributed by atoms with Crippen LogP contribution in [-0.2, 0) is 22.4 Å². The van der Waals surface area contributed by atoms with Crippen LogP contribution in [0.1, 0.15) is 18.1 Å². The first kappa shape index (κ1) is 20.6. The van der Waals surface area contributed by atoms with Crippen molar-refractivity contribution in [1.82, 2.24) is 4.90 Å². The first-order valence-corrected chi connectivity index (χ1v) is 10.3. The van der Waals surface area contributed by atoms with E-state index in [0.717, 1.165) is 16.8 Å². The molecule has 1 heterocycles. The van der Waals surface area contributed by atoms with Crippen molar-refractivity contribution >= 4 is 34.7 Å². The second-order valence-corrected chi connectivity index (χ2v) is 8.21. The van der Waals surface area contributed by atoms with E-state index >= 15 is 0 Å². The van der Waals surface area contributed by atoms with Crippen LogP contribution in [0, 0.1) is 11.6 Å². The van der Waals surface area contributed by atoms with Crippen molar-refractivity contribution in [3.63, 3.8) is 0 Å². The summed E-state index contributed by atoms with van der Waals surface area (Å²) in [4.78, 5) is 27.9. The maximum atomic E-state index is 13.8. The number of fused-ring (bicyclic) bond motifs is 1. The Morgan fingerprint density at radius 3 is 2.53 bits per heavy atom. The molecule has 5 nitrogen and oxygen atoms in total. The van der Waals surface area contributed by atoms with E-state index in [0.29, 0.717) is 38.2 Å². The van der Waals surface area contributed by atoms with Gasteiger partial charge < -0.3 is 15.1 Å². The SMILES string of the molecule is C[C@@H]1CN(c2cc(F)c(Cl)c(F)c2)CCN1C(=O)CNc1ccc2c(c1)CC(=O)C2. The molecule has 1 fully saturated rings. The smallest absolute Gasteiger partial charge is 0.242 e. The molecule has 2 aromatic carbocycles. The average molecular weight is 434 g/mol. The highest BCUT2D eigenvalue weighted by Crippen LogP contribution is 2.27. The van der Waals surface area contributed by atoms with Gasteiger partial charge >= 0.3 is 0 Å². The number of nitrogens with one attached hydrogen (secondary N) is 1. The van der Waals surface area contributed by atoms with Gasteiger partial charge in [-0.2, -0.15) is 0 Å². The number of halogens is 3. The van der Waals surface area contributed by atoms with Crippen LogP contribution >= 0.6 is 11.6 Å². The quantitative estimate of drug-likeness (QED) is 0.750. The first-order valence-electron chi connectivity index (χ1n) is 9.88. The Kier molecular flexibility index (Phi) is 5.64. The fraction of sp³-hybridized carbons (Fsp3) is 0.364. The third-order valence-electron chi connectivity index (χ3n) is 5.71. The lowest BCUT2D eigenvalue weighted by molar-refractivity contribution is -0.131. The van der Waals surface area contributed by atoms with Gasteiger partial charge in [-0.05, 0) is 42.3 Å². The molecule has 0 aromatic heterocycles. The number of benzene rings is 2. The van der Waals surface area contributed by atoms with Crippen molar-refractivity contribution in [2.75, 3.05) is 36.4 Å². The minimum Gasteiger partial charge on any atom is -0.376 e. The van der Waals surface area contributed by atoms with E-state index in [1.807, 2.05) is 30.0 Å². The van der Waals surface area contributed by atoms with Crippen LogP contribution in [-0.4, -0.2) is 48.8 Å². The molecule has 1 saturated heterocycles. The Bertz CT molecular complexity index is 991. The molecule has 0 radical (unpaired) electrons. The number of carbonyl (C=O) groups is 2. The standard InChI is InChI=1S/C22H22ClF2N3O2/c1-13-12-27(17-9-19(24)22(23)20(25)10-17)4-5-28(13)21(30)11-26-16-3-2-14-7-18(29)8-15(14)6-16/h2-3,6,9-10,13,26H,4-5,7-8,11-12H2,1H3/t13-/m1/s1. The summed E-state index contributed by atoms with van der Waals surface area (Å²) in [6.45, 7) is 3.44. The van der Waals surface area contributed by atoms with Gasteiger partial charge in [0.25, 0.3) is 0 Å². The van der Waals surface area contributed by atoms with Crippen LogP contribution < -0.4 is 10.2 Å². The van der Waals surface area contributed by atoms with Crippen molar-refractivity contribution in [1.29, 1.82) is 0 Å². The van der Waals surface area contributed by atoms with E-state index in [1.54, 1.807) is 4.90 Å². The van der Waals surface area contributed by atoms with Gasteiger partial charge in [-0.3, -0.25) is 9.59 Å². The number of carbonyl (C=O) groups excluding carboxylic acids is 2. The lowest BCUT2D eigenvalue weighted by Gasteiger charge is -2.41. The molecule has 2 aliphatic rings. The van der Waals surface area contributed by atoms with Crippen LogP contribution in [0.25, 0.3) is 0 Å². The van der Waals surface area contributed by atoms with Crippen molar-refractivity contribution in [3.8, 4) is 0 Å². The van der Waals surface area contributed by atoms with E-state index in [9.17, 15) is 18.4 Å². The Hall–Kier alpha value is -2.67. The Morgan fingerprint density at radius 2 is 1.83 bits per heavy atom. The molecule has 0 unspecified atom stereocenters. The van der Waals surface area contributed by atoms with Crippen LogP contribution in [0.4, 0.5) is 20.2 Å². The van der Waals surface area contributed by atoms with Gasteiger partial charge in [0.05, 0.1) is 6.54 Å². The highest BCUT2D eigenvalue weighted by molar-refractivity contribution is 6.31. The Morgan fingerprint density at radius 1 is 1.13 bits per heavy atom. The normalized spacial score (nSPS) is 18.5. The fourth-order valence-corrected chi connectivity index (χ4v) is 4.24. The third-order valence-corrected chi connectivity index (χ3v) is 6.07. The topological polar surface area (TPSA) is 52.6 Å². The molecule has 4 rings (SSSR count). The number of piperazine rings is 1. The molecule has 1 amide bonds. The van der Waals surface area contributed by atoms with E-state index < -0.39 is 16.7 Å². The summed E-state index contributed by atoms with van der Waals surface area (Å²) in [6, 6.07) is 8.06. The molecular weight excluding hydrogens is 412 g/mol. The lowest BCUT2D eigenvalue weighted by atomic mass is 10.1. The Labute approximate surface area is 178 Å². The van der Waals surface area contributed by atoms with Crippen LogP contribution in [0.15, 0.2) is 30.3 Å². The molecular formula is C22H22ClF2N3O2. The first-order chi connectivity index (χ1) is 14.3. The van der Waals surface area contributed by atoms with Crippen molar-refractivity contribution in [2.24, 2.45) is 0 Å². The molecule has 0 bridgehead atoms. The molecule has 8 heteroatoms. The number of hydrogen-bond donors (Lipinski definition) is 1. The highest BCUT2D eigenvalue weighted by Gasteiger charge is 2.28. The summed E-state index contributed by atoms with van der Waals surface area (Å²) in [5.74, 6) is -1.42. The Balaban J connectivity index is 1.35. The number of ketones is 1. The number of rotatable bonds is 4. The summed E-state index contributed by atoms with van der Waals surface area (Å²) in [5.41, 5.74) is 3.30. The second kappa shape index (κ2) is 8.22. The van der Waals surface area contributed by atoms with Crippen molar-refractivity contribution in [2.45, 2.75) is 25.8 Å². The van der Waals surface area contributed by atoms with Crippen LogP contribution in [0.5, 0.6) is 0 Å². The molecule has 30 heavy (non-hydrogen) atoms. The van der Waals surface area contributed by atoms with Crippen LogP contribution in [0.2, 0.25) is 5.02 Å². The van der Waals surface area contributed by atoms with E-state index in [2.05, 4.69) is 5.32 Å². The van der Waals surface area contributed by atoms with Gasteiger partial charge in [-0.25, -0.2) is 8.78 Å². The summed E-state index contributed by atoms with van der Waals surface area (Å²) in [7, 11) is 0. The molecule has 1 N–H and O–H groups in total. The molecule has 2 aromatic rings.